The molecule has 45 heavy (non-hydrogen) atoms. The largest absolute Gasteiger partial charge is 0.232 e. The van der Waals surface area contributed by atoms with Crippen molar-refractivity contribution >= 4 is 103 Å². The molecule has 8 aromatic rings. The van der Waals surface area contributed by atoms with E-state index in [4.69, 9.17) is 21.6 Å². The van der Waals surface area contributed by atoms with Crippen LogP contribution < -0.4 is 0 Å². The Morgan fingerprint density at radius 2 is 1.31 bits per heavy atom. The van der Waals surface area contributed by atoms with Gasteiger partial charge in [-0.25, -0.2) is 9.98 Å². The van der Waals surface area contributed by atoms with Crippen molar-refractivity contribution in [3.05, 3.63) is 149 Å². The zero-order valence-electron chi connectivity index (χ0n) is 24.1. The van der Waals surface area contributed by atoms with Gasteiger partial charge in [0, 0.05) is 52.3 Å². The number of thiophene rings is 2. The van der Waals surface area contributed by atoms with Gasteiger partial charge in [-0.05, 0) is 66.1 Å². The zero-order valence-corrected chi connectivity index (χ0v) is 26.5. The summed E-state index contributed by atoms with van der Waals surface area (Å²) in [6, 6.07) is 43.1. The lowest BCUT2D eigenvalue weighted by Crippen LogP contribution is -2.09. The summed E-state index contributed by atoms with van der Waals surface area (Å²) in [5.41, 5.74) is 5.23. The Bertz CT molecular complexity index is 2570. The minimum absolute atomic E-state index is 0.726. The fraction of sp³-hybridized carbons (Fsp3) is 0.0500. The van der Waals surface area contributed by atoms with Crippen LogP contribution in [-0.2, 0) is 0 Å². The smallest absolute Gasteiger partial charge is 0.160 e. The van der Waals surface area contributed by atoms with Crippen molar-refractivity contribution < 1.29 is 0 Å². The Labute approximate surface area is 273 Å². The number of halogens is 1. The summed E-state index contributed by atoms with van der Waals surface area (Å²) < 4.78 is 4.90. The van der Waals surface area contributed by atoms with E-state index in [0.717, 1.165) is 56.5 Å². The second-order valence-electron chi connectivity index (χ2n) is 11.4. The summed E-state index contributed by atoms with van der Waals surface area (Å²) in [5, 5.41) is 8.12. The van der Waals surface area contributed by atoms with Crippen LogP contribution in [-0.4, -0.2) is 11.5 Å². The quantitative estimate of drug-likeness (QED) is 0.185. The molecule has 0 N–H and O–H groups in total. The standard InChI is InChI=1S/C40H25ClN2S2/c41-32-20-19-29(38-30-11-4-6-15-36(30)45-39(32)38)34-13-7-12-33(26-17-16-24-8-1-2-9-25(24)22-26)42-40(43-34)27-18-21-37-31(23-27)28-10-3-5-14-35(28)44-37/h1-6,8-12,14-23H,7,13H2/b33-12-,42-40-,43-34+. The van der Waals surface area contributed by atoms with Gasteiger partial charge >= 0.3 is 0 Å². The molecular formula is C40H25ClN2S2. The van der Waals surface area contributed by atoms with E-state index < -0.39 is 0 Å². The normalized spacial score (nSPS) is 17.6. The van der Waals surface area contributed by atoms with E-state index in [1.807, 2.05) is 17.4 Å². The first-order valence-electron chi connectivity index (χ1n) is 15.1. The number of hydrogen-bond donors (Lipinski definition) is 0. The first-order chi connectivity index (χ1) is 22.2. The van der Waals surface area contributed by atoms with Crippen LogP contribution in [0.5, 0.6) is 0 Å². The lowest BCUT2D eigenvalue weighted by atomic mass is 9.97. The van der Waals surface area contributed by atoms with Crippen molar-refractivity contribution in [2.45, 2.75) is 12.8 Å². The van der Waals surface area contributed by atoms with Crippen molar-refractivity contribution in [1.29, 1.82) is 0 Å². The Kier molecular flexibility index (Phi) is 6.41. The first-order valence-corrected chi connectivity index (χ1v) is 17.1. The molecule has 1 aliphatic rings. The highest BCUT2D eigenvalue weighted by atomic mass is 35.5. The summed E-state index contributed by atoms with van der Waals surface area (Å²) in [6.45, 7) is 0. The molecule has 5 heteroatoms. The molecule has 0 spiro atoms. The van der Waals surface area contributed by atoms with Gasteiger partial charge in [0.25, 0.3) is 0 Å². The summed E-state index contributed by atoms with van der Waals surface area (Å²) in [6.07, 6.45) is 3.90. The number of benzene rings is 6. The van der Waals surface area contributed by atoms with Crippen LogP contribution in [0.1, 0.15) is 29.5 Å². The lowest BCUT2D eigenvalue weighted by molar-refractivity contribution is 1.09. The molecule has 0 amide bonds. The van der Waals surface area contributed by atoms with E-state index in [-0.39, 0.29) is 0 Å². The Hall–Kier alpha value is -4.61. The summed E-state index contributed by atoms with van der Waals surface area (Å²) in [7, 11) is 0. The van der Waals surface area contributed by atoms with Crippen molar-refractivity contribution in [3.8, 4) is 0 Å². The second-order valence-corrected chi connectivity index (χ2v) is 13.9. The van der Waals surface area contributed by atoms with Gasteiger partial charge in [-0.15, -0.1) is 22.7 Å². The molecule has 0 aliphatic carbocycles. The van der Waals surface area contributed by atoms with Gasteiger partial charge < -0.3 is 0 Å². The fourth-order valence-corrected chi connectivity index (χ4v) is 8.97. The van der Waals surface area contributed by atoms with Crippen molar-refractivity contribution in [1.82, 2.24) is 0 Å². The summed E-state index contributed by atoms with van der Waals surface area (Å²) in [4.78, 5) is 10.8. The van der Waals surface area contributed by atoms with Crippen molar-refractivity contribution in [3.63, 3.8) is 0 Å². The SMILES string of the molecule is Clc1ccc(/C2=N/C(c3ccc4sc5ccccc5c4c3)=N\C(c3ccc4ccccc4c3)=C/CC2)c2c1sc1ccccc12. The maximum atomic E-state index is 6.78. The average Bonchev–Trinajstić information content (AvgIpc) is 3.64. The third kappa shape index (κ3) is 4.60. The fourth-order valence-electron chi connectivity index (χ4n) is 6.47. The Balaban J connectivity index is 1.27. The third-order valence-corrected chi connectivity index (χ3v) is 11.4. The molecule has 0 atom stereocenters. The van der Waals surface area contributed by atoms with Gasteiger partial charge in [-0.3, -0.25) is 0 Å². The molecule has 0 saturated heterocycles. The molecular weight excluding hydrogens is 608 g/mol. The van der Waals surface area contributed by atoms with Crippen molar-refractivity contribution in [2.75, 3.05) is 0 Å². The first kappa shape index (κ1) is 26.8. The molecule has 0 bridgehead atoms. The molecule has 1 aliphatic heterocycles. The molecule has 6 aromatic carbocycles. The molecule has 0 fully saturated rings. The number of allylic oxidation sites excluding steroid dienone is 1. The maximum absolute atomic E-state index is 6.78. The molecule has 9 rings (SSSR count). The number of nitrogens with zero attached hydrogens (tertiary/aromatic N) is 2. The van der Waals surface area contributed by atoms with E-state index in [0.29, 0.717) is 0 Å². The molecule has 0 saturated carbocycles. The van der Waals surface area contributed by atoms with Gasteiger partial charge in [0.15, 0.2) is 5.84 Å². The van der Waals surface area contributed by atoms with Gasteiger partial charge in [0.2, 0.25) is 0 Å². The van der Waals surface area contributed by atoms with Crippen LogP contribution in [0.3, 0.4) is 0 Å². The van der Waals surface area contributed by atoms with Gasteiger partial charge in [-0.2, -0.15) is 0 Å². The number of hydrogen-bond acceptors (Lipinski definition) is 4. The van der Waals surface area contributed by atoms with Crippen LogP contribution in [0.15, 0.2) is 137 Å². The van der Waals surface area contributed by atoms with Crippen LogP contribution in [0.25, 0.3) is 56.8 Å². The number of aliphatic imine (C=N–C) groups is 2. The number of rotatable bonds is 3. The molecule has 2 nitrogen and oxygen atoms in total. The molecule has 2 aromatic heterocycles. The highest BCUT2D eigenvalue weighted by molar-refractivity contribution is 7.26. The van der Waals surface area contributed by atoms with Crippen LogP contribution in [0.2, 0.25) is 5.02 Å². The van der Waals surface area contributed by atoms with E-state index >= 15 is 0 Å². The average molecular weight is 633 g/mol. The van der Waals surface area contributed by atoms with E-state index in [9.17, 15) is 0 Å². The Morgan fingerprint density at radius 3 is 2.20 bits per heavy atom. The summed E-state index contributed by atoms with van der Waals surface area (Å²) in [5.74, 6) is 0.726. The minimum atomic E-state index is 0.726. The van der Waals surface area contributed by atoms with Gasteiger partial charge in [0.1, 0.15) is 0 Å². The van der Waals surface area contributed by atoms with Crippen molar-refractivity contribution in [2.24, 2.45) is 9.98 Å². The summed E-state index contributed by atoms with van der Waals surface area (Å²) >= 11 is 10.4. The topological polar surface area (TPSA) is 24.7 Å². The highest BCUT2D eigenvalue weighted by Crippen LogP contribution is 2.41. The maximum Gasteiger partial charge on any atom is 0.160 e. The zero-order chi connectivity index (χ0) is 29.9. The molecule has 3 heterocycles. The van der Waals surface area contributed by atoms with E-state index in [2.05, 4.69) is 121 Å². The van der Waals surface area contributed by atoms with Crippen LogP contribution in [0.4, 0.5) is 0 Å². The predicted octanol–water partition coefficient (Wildman–Crippen LogP) is 12.3. The monoisotopic (exact) mass is 632 g/mol. The highest BCUT2D eigenvalue weighted by Gasteiger charge is 2.19. The second kappa shape index (κ2) is 10.8. The van der Waals surface area contributed by atoms with Gasteiger partial charge in [0.05, 0.1) is 21.1 Å². The third-order valence-electron chi connectivity index (χ3n) is 8.66. The minimum Gasteiger partial charge on any atom is -0.232 e. The predicted molar refractivity (Wildman–Crippen MR) is 198 cm³/mol. The number of amidine groups is 1. The van der Waals surface area contributed by atoms with E-state index in [1.165, 1.54) is 46.4 Å². The lowest BCUT2D eigenvalue weighted by Gasteiger charge is -2.15. The van der Waals surface area contributed by atoms with Gasteiger partial charge in [-0.1, -0.05) is 96.5 Å². The number of fused-ring (bicyclic) bond motifs is 7. The Morgan fingerprint density at radius 1 is 0.578 bits per heavy atom. The van der Waals surface area contributed by atoms with E-state index in [1.54, 1.807) is 11.3 Å². The van der Waals surface area contributed by atoms with Crippen LogP contribution >= 0.6 is 34.3 Å². The van der Waals surface area contributed by atoms with Crippen LogP contribution in [0, 0.1) is 0 Å². The molecule has 214 valence electrons. The molecule has 0 unspecified atom stereocenters. The molecule has 0 radical (unpaired) electrons.